The molecule has 0 radical (unpaired) electrons. The van der Waals surface area contributed by atoms with Crippen LogP contribution < -0.4 is 5.32 Å². The van der Waals surface area contributed by atoms with Crippen molar-refractivity contribution in [2.75, 3.05) is 5.32 Å². The summed E-state index contributed by atoms with van der Waals surface area (Å²) in [6.07, 6.45) is 4.02. The smallest absolute Gasteiger partial charge is 0.255 e. The van der Waals surface area contributed by atoms with Gasteiger partial charge in [-0.3, -0.25) is 4.79 Å². The number of aryl methyl sites for hydroxylation is 2. The average Bonchev–Trinajstić information content (AvgIpc) is 3.06. The zero-order chi connectivity index (χ0) is 18.1. The molecule has 0 saturated heterocycles. The van der Waals surface area contributed by atoms with Crippen LogP contribution >= 0.6 is 0 Å². The van der Waals surface area contributed by atoms with E-state index in [1.165, 1.54) is 5.56 Å². The Kier molecular flexibility index (Phi) is 4.01. The summed E-state index contributed by atoms with van der Waals surface area (Å²) < 4.78 is 2.01. The van der Waals surface area contributed by atoms with E-state index in [0.717, 1.165) is 28.2 Å². The largest absolute Gasteiger partial charge is 0.322 e. The normalized spacial score (nSPS) is 10.8. The molecular formula is C22H19N3O. The Labute approximate surface area is 152 Å². The number of hydrogen-bond acceptors (Lipinski definition) is 2. The van der Waals surface area contributed by atoms with Crippen molar-refractivity contribution in [2.45, 2.75) is 13.8 Å². The second-order valence-corrected chi connectivity index (χ2v) is 6.49. The summed E-state index contributed by atoms with van der Waals surface area (Å²) in [5.41, 5.74) is 6.58. The molecule has 0 aliphatic rings. The summed E-state index contributed by atoms with van der Waals surface area (Å²) in [5, 5.41) is 2.93. The number of nitrogens with one attached hydrogen (secondary N) is 1. The topological polar surface area (TPSA) is 46.4 Å². The van der Waals surface area contributed by atoms with Gasteiger partial charge in [-0.2, -0.15) is 0 Å². The molecular weight excluding hydrogens is 322 g/mol. The van der Waals surface area contributed by atoms with Crippen molar-refractivity contribution in [2.24, 2.45) is 0 Å². The quantitative estimate of drug-likeness (QED) is 0.578. The van der Waals surface area contributed by atoms with Crippen LogP contribution in [0.1, 0.15) is 21.5 Å². The summed E-state index contributed by atoms with van der Waals surface area (Å²) >= 11 is 0. The van der Waals surface area contributed by atoms with Gasteiger partial charge in [0, 0.05) is 29.2 Å². The molecule has 2 aromatic heterocycles. The summed E-state index contributed by atoms with van der Waals surface area (Å²) in [6, 6.07) is 19.4. The van der Waals surface area contributed by atoms with E-state index in [-0.39, 0.29) is 5.91 Å². The number of rotatable bonds is 3. The molecule has 4 heteroatoms. The molecule has 0 spiro atoms. The predicted octanol–water partition coefficient (Wildman–Crippen LogP) is 4.87. The van der Waals surface area contributed by atoms with Crippen molar-refractivity contribution < 1.29 is 4.79 Å². The molecule has 4 rings (SSSR count). The monoisotopic (exact) mass is 341 g/mol. The maximum Gasteiger partial charge on any atom is 0.255 e. The van der Waals surface area contributed by atoms with Gasteiger partial charge < -0.3 is 9.72 Å². The lowest BCUT2D eigenvalue weighted by molar-refractivity contribution is 0.102. The second kappa shape index (κ2) is 6.48. The van der Waals surface area contributed by atoms with Crippen LogP contribution in [-0.2, 0) is 0 Å². The Morgan fingerprint density at radius 2 is 1.65 bits per heavy atom. The lowest BCUT2D eigenvalue weighted by Crippen LogP contribution is -2.11. The molecule has 128 valence electrons. The summed E-state index contributed by atoms with van der Waals surface area (Å²) in [4.78, 5) is 17.0. The van der Waals surface area contributed by atoms with Crippen molar-refractivity contribution in [3.05, 3.63) is 89.7 Å². The highest BCUT2D eigenvalue weighted by atomic mass is 16.1. The van der Waals surface area contributed by atoms with Crippen molar-refractivity contribution >= 4 is 17.2 Å². The zero-order valence-corrected chi connectivity index (χ0v) is 14.7. The molecule has 2 heterocycles. The van der Waals surface area contributed by atoms with E-state index in [2.05, 4.69) is 29.4 Å². The fraction of sp³-hybridized carbons (Fsp3) is 0.0909. The number of anilines is 1. The molecule has 26 heavy (non-hydrogen) atoms. The van der Waals surface area contributed by atoms with E-state index < -0.39 is 0 Å². The highest BCUT2D eigenvalue weighted by molar-refractivity contribution is 6.04. The highest BCUT2D eigenvalue weighted by Crippen LogP contribution is 2.22. The predicted molar refractivity (Wildman–Crippen MR) is 104 cm³/mol. The van der Waals surface area contributed by atoms with E-state index in [1.54, 1.807) is 0 Å². The van der Waals surface area contributed by atoms with Gasteiger partial charge >= 0.3 is 0 Å². The maximum absolute atomic E-state index is 12.3. The standard InChI is InChI=1S/C22H19N3O/c1-15-3-5-18(6-4-15)22(26)23-19-9-7-17(8-10-19)20-14-25-12-11-16(2)13-21(25)24-20/h3-14H,1-2H3,(H,23,26). The van der Waals surface area contributed by atoms with Crippen LogP contribution in [-0.4, -0.2) is 15.3 Å². The molecule has 0 aliphatic heterocycles. The van der Waals surface area contributed by atoms with Crippen LogP contribution in [0.15, 0.2) is 73.1 Å². The van der Waals surface area contributed by atoms with Crippen molar-refractivity contribution in [1.82, 2.24) is 9.38 Å². The number of aromatic nitrogens is 2. The summed E-state index contributed by atoms with van der Waals surface area (Å²) in [7, 11) is 0. The molecule has 0 atom stereocenters. The molecule has 4 aromatic rings. The number of benzene rings is 2. The van der Waals surface area contributed by atoms with Gasteiger partial charge in [-0.05, 0) is 55.8 Å². The van der Waals surface area contributed by atoms with Crippen molar-refractivity contribution in [1.29, 1.82) is 0 Å². The summed E-state index contributed by atoms with van der Waals surface area (Å²) in [6.45, 7) is 4.06. The van der Waals surface area contributed by atoms with Gasteiger partial charge in [0.2, 0.25) is 0 Å². The third-order valence-corrected chi connectivity index (χ3v) is 4.37. The van der Waals surface area contributed by atoms with E-state index >= 15 is 0 Å². The Bertz CT molecular complexity index is 1080. The molecule has 1 N–H and O–H groups in total. The van der Waals surface area contributed by atoms with E-state index in [0.29, 0.717) is 5.56 Å². The van der Waals surface area contributed by atoms with Crippen LogP contribution in [0.3, 0.4) is 0 Å². The number of nitrogens with zero attached hydrogens (tertiary/aromatic N) is 2. The number of fused-ring (bicyclic) bond motifs is 1. The number of amides is 1. The van der Waals surface area contributed by atoms with Gasteiger partial charge in [0.15, 0.2) is 0 Å². The molecule has 0 aliphatic carbocycles. The minimum atomic E-state index is -0.110. The van der Waals surface area contributed by atoms with Gasteiger partial charge in [0.05, 0.1) is 5.69 Å². The number of imidazole rings is 1. The first-order chi connectivity index (χ1) is 12.6. The van der Waals surface area contributed by atoms with Crippen LogP contribution in [0.25, 0.3) is 16.9 Å². The number of pyridine rings is 1. The molecule has 4 nitrogen and oxygen atoms in total. The van der Waals surface area contributed by atoms with Gasteiger partial charge in [-0.25, -0.2) is 4.98 Å². The first-order valence-corrected chi connectivity index (χ1v) is 8.52. The second-order valence-electron chi connectivity index (χ2n) is 6.49. The fourth-order valence-corrected chi connectivity index (χ4v) is 2.86. The van der Waals surface area contributed by atoms with Gasteiger partial charge in [0.25, 0.3) is 5.91 Å². The molecule has 0 saturated carbocycles. The zero-order valence-electron chi connectivity index (χ0n) is 14.7. The minimum absolute atomic E-state index is 0.110. The Morgan fingerprint density at radius 1 is 0.923 bits per heavy atom. The van der Waals surface area contributed by atoms with Gasteiger partial charge in [-0.1, -0.05) is 29.8 Å². The van der Waals surface area contributed by atoms with E-state index in [9.17, 15) is 4.79 Å². The van der Waals surface area contributed by atoms with Crippen molar-refractivity contribution in [3.8, 4) is 11.3 Å². The highest BCUT2D eigenvalue weighted by Gasteiger charge is 2.07. The lowest BCUT2D eigenvalue weighted by Gasteiger charge is -2.06. The fourth-order valence-electron chi connectivity index (χ4n) is 2.86. The third-order valence-electron chi connectivity index (χ3n) is 4.37. The molecule has 0 fully saturated rings. The van der Waals surface area contributed by atoms with E-state index in [4.69, 9.17) is 0 Å². The van der Waals surface area contributed by atoms with Crippen LogP contribution in [0.4, 0.5) is 5.69 Å². The average molecular weight is 341 g/mol. The molecule has 2 aromatic carbocycles. The Morgan fingerprint density at radius 3 is 2.38 bits per heavy atom. The Hall–Kier alpha value is -3.40. The SMILES string of the molecule is Cc1ccc(C(=O)Nc2ccc(-c3cn4ccc(C)cc4n3)cc2)cc1. The number of hydrogen-bond donors (Lipinski definition) is 1. The number of carbonyl (C=O) groups excluding carboxylic acids is 1. The van der Waals surface area contributed by atoms with Crippen LogP contribution in [0, 0.1) is 13.8 Å². The maximum atomic E-state index is 12.3. The molecule has 1 amide bonds. The van der Waals surface area contributed by atoms with Gasteiger partial charge in [0.1, 0.15) is 5.65 Å². The first kappa shape index (κ1) is 16.1. The van der Waals surface area contributed by atoms with Crippen LogP contribution in [0.2, 0.25) is 0 Å². The molecule has 0 bridgehead atoms. The third kappa shape index (κ3) is 3.22. The van der Waals surface area contributed by atoms with E-state index in [1.807, 2.05) is 72.2 Å². The Balaban J connectivity index is 1.54. The minimum Gasteiger partial charge on any atom is -0.322 e. The van der Waals surface area contributed by atoms with Crippen molar-refractivity contribution in [3.63, 3.8) is 0 Å². The molecule has 0 unspecified atom stereocenters. The van der Waals surface area contributed by atoms with Crippen LogP contribution in [0.5, 0.6) is 0 Å². The summed E-state index contributed by atoms with van der Waals surface area (Å²) in [5.74, 6) is -0.110. The number of carbonyl (C=O) groups is 1. The first-order valence-electron chi connectivity index (χ1n) is 8.52. The van der Waals surface area contributed by atoms with Gasteiger partial charge in [-0.15, -0.1) is 0 Å². The lowest BCUT2D eigenvalue weighted by atomic mass is 10.1.